The van der Waals surface area contributed by atoms with Gasteiger partial charge in [0.1, 0.15) is 0 Å². The van der Waals surface area contributed by atoms with E-state index in [0.717, 1.165) is 5.56 Å². The Bertz CT molecular complexity index is 533. The van der Waals surface area contributed by atoms with E-state index in [1.165, 1.54) is 6.26 Å². The highest BCUT2D eigenvalue weighted by atomic mass is 32.2. The molecule has 0 aliphatic heterocycles. The van der Waals surface area contributed by atoms with Crippen LogP contribution in [0.1, 0.15) is 5.56 Å². The number of benzene rings is 1. The average Bonchev–Trinajstić information content (AvgIpc) is 2.33. The van der Waals surface area contributed by atoms with Crippen LogP contribution < -0.4 is 11.1 Å². The number of guanidine groups is 1. The zero-order valence-electron chi connectivity index (χ0n) is 10.3. The minimum Gasteiger partial charge on any atom is -0.370 e. The molecule has 0 bridgehead atoms. The smallest absolute Gasteiger partial charge is 0.189 e. The van der Waals surface area contributed by atoms with Crippen LogP contribution in [0.2, 0.25) is 0 Å². The fourth-order valence-electron chi connectivity index (χ4n) is 1.25. The molecule has 0 amide bonds. The van der Waals surface area contributed by atoms with Crippen LogP contribution in [-0.2, 0) is 16.4 Å². The summed E-state index contributed by atoms with van der Waals surface area (Å²) in [5, 5.41) is 2.85. The monoisotopic (exact) mass is 267 g/mol. The van der Waals surface area contributed by atoms with Gasteiger partial charge in [0.25, 0.3) is 0 Å². The van der Waals surface area contributed by atoms with Crippen molar-refractivity contribution in [3.05, 3.63) is 42.5 Å². The number of nitrogens with one attached hydrogen (secondary N) is 1. The van der Waals surface area contributed by atoms with E-state index in [0.29, 0.717) is 23.9 Å². The molecular weight excluding hydrogens is 250 g/mol. The van der Waals surface area contributed by atoms with Gasteiger partial charge in [0.15, 0.2) is 15.8 Å². The first-order valence-corrected chi connectivity index (χ1v) is 7.26. The van der Waals surface area contributed by atoms with Gasteiger partial charge < -0.3 is 11.1 Å². The van der Waals surface area contributed by atoms with Crippen LogP contribution in [0, 0.1) is 0 Å². The average molecular weight is 267 g/mol. The number of hydrogen-bond donors (Lipinski definition) is 2. The Kier molecular flexibility index (Phi) is 4.91. The molecule has 18 heavy (non-hydrogen) atoms. The molecule has 0 aromatic heterocycles. The van der Waals surface area contributed by atoms with Crippen LogP contribution in [0.25, 0.3) is 0 Å². The minimum absolute atomic E-state index is 0.299. The van der Waals surface area contributed by atoms with Crippen LogP contribution in [-0.4, -0.2) is 27.2 Å². The number of nitrogens with two attached hydrogens (primary N) is 1. The van der Waals surface area contributed by atoms with Crippen molar-refractivity contribution in [3.8, 4) is 0 Å². The summed E-state index contributed by atoms with van der Waals surface area (Å²) in [6, 6.07) is 6.57. The van der Waals surface area contributed by atoms with E-state index in [-0.39, 0.29) is 0 Å². The van der Waals surface area contributed by atoms with Crippen molar-refractivity contribution >= 4 is 15.8 Å². The maximum atomic E-state index is 11.3. The number of aliphatic imine (C=N–C) groups is 1. The molecular formula is C12H17N3O2S. The summed E-state index contributed by atoms with van der Waals surface area (Å²) in [5.74, 6) is 0.335. The van der Waals surface area contributed by atoms with Crippen molar-refractivity contribution in [1.82, 2.24) is 5.32 Å². The van der Waals surface area contributed by atoms with Crippen molar-refractivity contribution in [3.63, 3.8) is 0 Å². The zero-order valence-corrected chi connectivity index (χ0v) is 11.1. The number of sulfone groups is 1. The third kappa shape index (κ3) is 4.58. The summed E-state index contributed by atoms with van der Waals surface area (Å²) in [5.41, 5.74) is 6.50. The fraction of sp³-hybridized carbons (Fsp3) is 0.250. The van der Waals surface area contributed by atoms with E-state index >= 15 is 0 Å². The first-order chi connectivity index (χ1) is 8.43. The van der Waals surface area contributed by atoms with E-state index in [1.807, 2.05) is 0 Å². The van der Waals surface area contributed by atoms with Gasteiger partial charge in [-0.25, -0.2) is 13.4 Å². The Hall–Kier alpha value is -1.82. The number of nitrogens with zero attached hydrogens (tertiary/aromatic N) is 1. The van der Waals surface area contributed by atoms with Crippen molar-refractivity contribution in [1.29, 1.82) is 0 Å². The summed E-state index contributed by atoms with van der Waals surface area (Å²) < 4.78 is 22.5. The Labute approximate surface area is 107 Å². The summed E-state index contributed by atoms with van der Waals surface area (Å²) in [6.07, 6.45) is 2.86. The summed E-state index contributed by atoms with van der Waals surface area (Å²) >= 11 is 0. The summed E-state index contributed by atoms with van der Waals surface area (Å²) in [6.45, 7) is 4.51. The molecule has 1 aromatic rings. The molecule has 0 saturated carbocycles. The van der Waals surface area contributed by atoms with Crippen molar-refractivity contribution in [2.24, 2.45) is 10.7 Å². The Morgan fingerprint density at radius 2 is 2.06 bits per heavy atom. The molecule has 5 nitrogen and oxygen atoms in total. The second kappa shape index (κ2) is 6.20. The molecule has 0 unspecified atom stereocenters. The third-order valence-electron chi connectivity index (χ3n) is 2.21. The lowest BCUT2D eigenvalue weighted by atomic mass is 10.2. The molecule has 1 aromatic carbocycles. The summed E-state index contributed by atoms with van der Waals surface area (Å²) in [7, 11) is -3.15. The highest BCUT2D eigenvalue weighted by Crippen LogP contribution is 2.10. The van der Waals surface area contributed by atoms with Gasteiger partial charge in [0.05, 0.1) is 11.4 Å². The second-order valence-electron chi connectivity index (χ2n) is 3.79. The van der Waals surface area contributed by atoms with E-state index < -0.39 is 9.84 Å². The van der Waals surface area contributed by atoms with Crippen LogP contribution in [0.15, 0.2) is 46.8 Å². The van der Waals surface area contributed by atoms with Crippen molar-refractivity contribution in [2.75, 3.05) is 12.8 Å². The number of hydrogen-bond acceptors (Lipinski definition) is 3. The molecule has 1 rings (SSSR count). The normalized spacial score (nSPS) is 12.2. The standard InChI is InChI=1S/C12H17N3O2S/c1-3-8-14-12(13)15-9-10-4-6-11(7-5-10)18(2,16)17/h3-7H,1,8-9H2,2H3,(H3,13,14,15). The predicted octanol–water partition coefficient (Wildman–Crippen LogP) is 0.680. The minimum atomic E-state index is -3.15. The van der Waals surface area contributed by atoms with Crippen LogP contribution in [0.4, 0.5) is 0 Å². The summed E-state index contributed by atoms with van der Waals surface area (Å²) in [4.78, 5) is 4.41. The first-order valence-electron chi connectivity index (χ1n) is 5.37. The molecule has 0 radical (unpaired) electrons. The van der Waals surface area contributed by atoms with Gasteiger partial charge in [-0.15, -0.1) is 6.58 Å². The molecule has 0 fully saturated rings. The third-order valence-corrected chi connectivity index (χ3v) is 3.34. The molecule has 0 aliphatic rings. The molecule has 3 N–H and O–H groups in total. The van der Waals surface area contributed by atoms with E-state index in [9.17, 15) is 8.42 Å². The van der Waals surface area contributed by atoms with Crippen LogP contribution in [0.5, 0.6) is 0 Å². The molecule has 98 valence electrons. The molecule has 0 saturated heterocycles. The topological polar surface area (TPSA) is 84.5 Å². The first kappa shape index (κ1) is 14.2. The maximum Gasteiger partial charge on any atom is 0.189 e. The highest BCUT2D eigenvalue weighted by molar-refractivity contribution is 7.90. The Morgan fingerprint density at radius 1 is 1.44 bits per heavy atom. The van der Waals surface area contributed by atoms with E-state index in [4.69, 9.17) is 5.73 Å². The molecule has 0 atom stereocenters. The Balaban J connectivity index is 2.67. The SMILES string of the molecule is C=CCNC(N)=NCc1ccc(S(C)(=O)=O)cc1. The van der Waals surface area contributed by atoms with Gasteiger partial charge in [0, 0.05) is 12.8 Å². The van der Waals surface area contributed by atoms with Gasteiger partial charge in [-0.2, -0.15) is 0 Å². The molecule has 6 heteroatoms. The van der Waals surface area contributed by atoms with E-state index in [2.05, 4.69) is 16.9 Å². The fourth-order valence-corrected chi connectivity index (χ4v) is 1.88. The van der Waals surface area contributed by atoms with Crippen molar-refractivity contribution in [2.45, 2.75) is 11.4 Å². The maximum absolute atomic E-state index is 11.3. The van der Waals surface area contributed by atoms with Gasteiger partial charge in [-0.1, -0.05) is 18.2 Å². The lowest BCUT2D eigenvalue weighted by molar-refractivity contribution is 0.602. The van der Waals surface area contributed by atoms with Gasteiger partial charge >= 0.3 is 0 Å². The second-order valence-corrected chi connectivity index (χ2v) is 5.80. The van der Waals surface area contributed by atoms with Gasteiger partial charge in [-0.05, 0) is 17.7 Å². The Morgan fingerprint density at radius 3 is 2.56 bits per heavy atom. The van der Waals surface area contributed by atoms with E-state index in [1.54, 1.807) is 30.3 Å². The van der Waals surface area contributed by atoms with Crippen molar-refractivity contribution < 1.29 is 8.42 Å². The van der Waals surface area contributed by atoms with Gasteiger partial charge in [0.2, 0.25) is 0 Å². The molecule has 0 aliphatic carbocycles. The zero-order chi connectivity index (χ0) is 13.6. The van der Waals surface area contributed by atoms with Gasteiger partial charge in [-0.3, -0.25) is 0 Å². The molecule has 0 heterocycles. The largest absolute Gasteiger partial charge is 0.370 e. The van der Waals surface area contributed by atoms with Crippen LogP contribution >= 0.6 is 0 Å². The quantitative estimate of drug-likeness (QED) is 0.467. The number of rotatable bonds is 5. The predicted molar refractivity (Wildman–Crippen MR) is 73.1 cm³/mol. The lowest BCUT2D eigenvalue weighted by Gasteiger charge is -2.03. The molecule has 0 spiro atoms. The highest BCUT2D eigenvalue weighted by Gasteiger charge is 2.05. The lowest BCUT2D eigenvalue weighted by Crippen LogP contribution is -2.31. The van der Waals surface area contributed by atoms with Crippen LogP contribution in [0.3, 0.4) is 0 Å².